The Labute approximate surface area is 97.6 Å². The molecule has 1 aromatic rings. The molecule has 0 unspecified atom stereocenters. The summed E-state index contributed by atoms with van der Waals surface area (Å²) in [6, 6.07) is 4.71. The normalized spacial score (nSPS) is 12.8. The Morgan fingerprint density at radius 3 is 2.80 bits per heavy atom. The Morgan fingerprint density at radius 2 is 2.27 bits per heavy atom. The van der Waals surface area contributed by atoms with Gasteiger partial charge in [-0.25, -0.2) is 4.39 Å². The molecule has 15 heavy (non-hydrogen) atoms. The molecule has 0 saturated carbocycles. The first kappa shape index (κ1) is 12.6. The molecule has 0 spiro atoms. The summed E-state index contributed by atoms with van der Waals surface area (Å²) in [5.41, 5.74) is 0.989. The number of halogens is 2. The molecule has 0 aliphatic heterocycles. The summed E-state index contributed by atoms with van der Waals surface area (Å²) in [7, 11) is 0. The van der Waals surface area contributed by atoms with Crippen molar-refractivity contribution in [1.82, 2.24) is 5.32 Å². The quantitative estimate of drug-likeness (QED) is 0.865. The third-order valence-electron chi connectivity index (χ3n) is 2.31. The molecule has 0 aliphatic carbocycles. The predicted octanol–water partition coefficient (Wildman–Crippen LogP) is 2.45. The van der Waals surface area contributed by atoms with Crippen LogP contribution in [0.3, 0.4) is 0 Å². The van der Waals surface area contributed by atoms with Crippen molar-refractivity contribution >= 4 is 15.9 Å². The molecule has 0 heterocycles. The first-order valence-electron chi connectivity index (χ1n) is 4.95. The lowest BCUT2D eigenvalue weighted by atomic mass is 10.2. The van der Waals surface area contributed by atoms with Crippen LogP contribution < -0.4 is 5.32 Å². The lowest BCUT2D eigenvalue weighted by Crippen LogP contribution is -2.31. The largest absolute Gasteiger partial charge is 0.395 e. The van der Waals surface area contributed by atoms with Gasteiger partial charge in [0.05, 0.1) is 6.61 Å². The molecular formula is C11H15BrFNO. The number of hydrogen-bond acceptors (Lipinski definition) is 2. The van der Waals surface area contributed by atoms with Crippen LogP contribution >= 0.6 is 15.9 Å². The zero-order valence-electron chi connectivity index (χ0n) is 8.63. The van der Waals surface area contributed by atoms with Crippen LogP contribution in [0.1, 0.15) is 18.9 Å². The molecule has 1 atom stereocenters. The van der Waals surface area contributed by atoms with Gasteiger partial charge in [0.1, 0.15) is 5.82 Å². The van der Waals surface area contributed by atoms with Gasteiger partial charge in [0.25, 0.3) is 0 Å². The predicted molar refractivity (Wildman–Crippen MR) is 62.1 cm³/mol. The Morgan fingerprint density at radius 1 is 1.53 bits per heavy atom. The van der Waals surface area contributed by atoms with Crippen LogP contribution in [0, 0.1) is 5.82 Å². The number of hydrogen-bond donors (Lipinski definition) is 2. The molecule has 0 radical (unpaired) electrons. The number of nitrogens with one attached hydrogen (secondary N) is 1. The van der Waals surface area contributed by atoms with E-state index < -0.39 is 0 Å². The molecule has 0 amide bonds. The van der Waals surface area contributed by atoms with Crippen LogP contribution in [0.15, 0.2) is 22.7 Å². The van der Waals surface area contributed by atoms with Crippen molar-refractivity contribution in [3.8, 4) is 0 Å². The maximum Gasteiger partial charge on any atom is 0.124 e. The minimum absolute atomic E-state index is 0.0990. The van der Waals surface area contributed by atoms with Crippen molar-refractivity contribution in [3.05, 3.63) is 34.1 Å². The molecule has 4 heteroatoms. The van der Waals surface area contributed by atoms with Gasteiger partial charge in [0.2, 0.25) is 0 Å². The van der Waals surface area contributed by atoms with E-state index in [1.807, 2.05) is 6.92 Å². The summed E-state index contributed by atoms with van der Waals surface area (Å²) in [4.78, 5) is 0. The average molecular weight is 276 g/mol. The van der Waals surface area contributed by atoms with E-state index in [-0.39, 0.29) is 18.5 Å². The highest BCUT2D eigenvalue weighted by atomic mass is 79.9. The summed E-state index contributed by atoms with van der Waals surface area (Å²) >= 11 is 3.30. The third kappa shape index (κ3) is 3.89. The Balaban J connectivity index is 2.57. The molecule has 0 aliphatic rings. The molecule has 0 bridgehead atoms. The highest BCUT2D eigenvalue weighted by Gasteiger charge is 2.05. The van der Waals surface area contributed by atoms with Gasteiger partial charge in [-0.2, -0.15) is 0 Å². The van der Waals surface area contributed by atoms with Gasteiger partial charge in [-0.1, -0.05) is 28.9 Å². The summed E-state index contributed by atoms with van der Waals surface area (Å²) in [5.74, 6) is -0.250. The number of benzene rings is 1. The molecule has 0 aromatic heterocycles. The average Bonchev–Trinajstić information content (AvgIpc) is 2.22. The summed E-state index contributed by atoms with van der Waals surface area (Å²) in [6.07, 6.45) is 0.870. The minimum atomic E-state index is -0.250. The van der Waals surface area contributed by atoms with Crippen molar-refractivity contribution in [2.24, 2.45) is 0 Å². The summed E-state index contributed by atoms with van der Waals surface area (Å²) < 4.78 is 13.5. The van der Waals surface area contributed by atoms with E-state index >= 15 is 0 Å². The fourth-order valence-corrected chi connectivity index (χ4v) is 1.75. The highest BCUT2D eigenvalue weighted by Crippen LogP contribution is 2.17. The van der Waals surface area contributed by atoms with Gasteiger partial charge in [-0.3, -0.25) is 0 Å². The van der Waals surface area contributed by atoms with E-state index in [9.17, 15) is 4.39 Å². The molecule has 1 aromatic carbocycles. The highest BCUT2D eigenvalue weighted by molar-refractivity contribution is 9.10. The van der Waals surface area contributed by atoms with Crippen LogP contribution in [-0.4, -0.2) is 17.8 Å². The van der Waals surface area contributed by atoms with Crippen LogP contribution in [0.5, 0.6) is 0 Å². The first-order chi connectivity index (χ1) is 7.17. The fourth-order valence-electron chi connectivity index (χ4n) is 1.26. The molecule has 2 nitrogen and oxygen atoms in total. The van der Waals surface area contributed by atoms with Crippen LogP contribution in [-0.2, 0) is 6.54 Å². The van der Waals surface area contributed by atoms with Gasteiger partial charge in [0, 0.05) is 17.1 Å². The lowest BCUT2D eigenvalue weighted by Gasteiger charge is -2.14. The van der Waals surface area contributed by atoms with Gasteiger partial charge < -0.3 is 10.4 Å². The number of aliphatic hydroxyl groups excluding tert-OH is 1. The van der Waals surface area contributed by atoms with Crippen molar-refractivity contribution in [2.75, 3.05) is 6.61 Å². The van der Waals surface area contributed by atoms with E-state index in [1.54, 1.807) is 6.07 Å². The first-order valence-corrected chi connectivity index (χ1v) is 5.74. The summed E-state index contributed by atoms with van der Waals surface area (Å²) in [5, 5.41) is 12.2. The lowest BCUT2D eigenvalue weighted by molar-refractivity contribution is 0.238. The Bertz CT molecular complexity index is 315. The van der Waals surface area contributed by atoms with Crippen molar-refractivity contribution < 1.29 is 9.50 Å². The van der Waals surface area contributed by atoms with E-state index in [0.717, 1.165) is 16.5 Å². The number of aliphatic hydroxyl groups is 1. The second-order valence-corrected chi connectivity index (χ2v) is 4.26. The molecular weight excluding hydrogens is 261 g/mol. The van der Waals surface area contributed by atoms with Gasteiger partial charge in [-0.05, 0) is 24.1 Å². The fraction of sp³-hybridized carbons (Fsp3) is 0.455. The smallest absolute Gasteiger partial charge is 0.124 e. The standard InChI is InChI=1S/C11H15BrFNO/c1-2-10(7-15)14-6-8-3-4-9(13)5-11(8)12/h3-5,10,14-15H,2,6-7H2,1H3/t10-/m1/s1. The minimum Gasteiger partial charge on any atom is -0.395 e. The SMILES string of the molecule is CC[C@H](CO)NCc1ccc(F)cc1Br. The van der Waals surface area contributed by atoms with Crippen LogP contribution in [0.4, 0.5) is 4.39 Å². The van der Waals surface area contributed by atoms with E-state index in [1.165, 1.54) is 12.1 Å². The van der Waals surface area contributed by atoms with E-state index in [2.05, 4.69) is 21.2 Å². The van der Waals surface area contributed by atoms with Crippen LogP contribution in [0.25, 0.3) is 0 Å². The molecule has 2 N–H and O–H groups in total. The van der Waals surface area contributed by atoms with Gasteiger partial charge in [-0.15, -0.1) is 0 Å². The van der Waals surface area contributed by atoms with Crippen LogP contribution in [0.2, 0.25) is 0 Å². The second-order valence-electron chi connectivity index (χ2n) is 3.40. The molecule has 84 valence electrons. The second kappa shape index (κ2) is 6.20. The summed E-state index contributed by atoms with van der Waals surface area (Å²) in [6.45, 7) is 2.75. The monoisotopic (exact) mass is 275 g/mol. The number of rotatable bonds is 5. The molecule has 0 saturated heterocycles. The topological polar surface area (TPSA) is 32.3 Å². The van der Waals surface area contributed by atoms with E-state index in [0.29, 0.717) is 6.54 Å². The molecule has 1 rings (SSSR count). The van der Waals surface area contributed by atoms with Crippen molar-refractivity contribution in [3.63, 3.8) is 0 Å². The van der Waals surface area contributed by atoms with E-state index in [4.69, 9.17) is 5.11 Å². The Kier molecular flexibility index (Phi) is 5.22. The maximum absolute atomic E-state index is 12.8. The van der Waals surface area contributed by atoms with Crippen molar-refractivity contribution in [1.29, 1.82) is 0 Å². The van der Waals surface area contributed by atoms with Gasteiger partial charge in [0.15, 0.2) is 0 Å². The Hall–Kier alpha value is -0.450. The van der Waals surface area contributed by atoms with Crippen molar-refractivity contribution in [2.45, 2.75) is 25.9 Å². The zero-order valence-corrected chi connectivity index (χ0v) is 10.2. The van der Waals surface area contributed by atoms with Gasteiger partial charge >= 0.3 is 0 Å². The zero-order chi connectivity index (χ0) is 11.3. The third-order valence-corrected chi connectivity index (χ3v) is 3.05. The maximum atomic E-state index is 12.8. The molecule has 0 fully saturated rings.